The molecule has 0 aliphatic carbocycles. The zero-order chi connectivity index (χ0) is 16.7. The van der Waals surface area contributed by atoms with Crippen LogP contribution in [0.25, 0.3) is 0 Å². The molecule has 0 saturated carbocycles. The van der Waals surface area contributed by atoms with Crippen LogP contribution in [0.5, 0.6) is 0 Å². The van der Waals surface area contributed by atoms with Crippen LogP contribution in [-0.2, 0) is 22.4 Å². The van der Waals surface area contributed by atoms with Crippen molar-refractivity contribution in [3.8, 4) is 0 Å². The van der Waals surface area contributed by atoms with Gasteiger partial charge in [-0.15, -0.1) is 0 Å². The second-order valence-electron chi connectivity index (χ2n) is 5.19. The van der Waals surface area contributed by atoms with E-state index in [2.05, 4.69) is 10.6 Å². The average molecular weight is 314 g/mol. The fourth-order valence-corrected chi connectivity index (χ4v) is 2.15. The van der Waals surface area contributed by atoms with Crippen LogP contribution in [0.15, 0.2) is 48.5 Å². The molecule has 0 aromatic heterocycles. The lowest BCUT2D eigenvalue weighted by molar-refractivity contribution is -0.120. The number of nitrogens with one attached hydrogen (secondary N) is 2. The maximum absolute atomic E-state index is 13.5. The fraction of sp³-hybridized carbons (Fsp3) is 0.222. The van der Waals surface area contributed by atoms with Gasteiger partial charge in [-0.2, -0.15) is 0 Å². The van der Waals surface area contributed by atoms with Gasteiger partial charge >= 0.3 is 0 Å². The van der Waals surface area contributed by atoms with Crippen LogP contribution < -0.4 is 10.6 Å². The van der Waals surface area contributed by atoms with Crippen molar-refractivity contribution in [2.24, 2.45) is 0 Å². The molecule has 2 N–H and O–H groups in total. The van der Waals surface area contributed by atoms with Gasteiger partial charge < -0.3 is 10.6 Å². The molecule has 2 amide bonds. The average Bonchev–Trinajstić information content (AvgIpc) is 2.56. The monoisotopic (exact) mass is 314 g/mol. The van der Waals surface area contributed by atoms with Crippen LogP contribution in [0.2, 0.25) is 0 Å². The number of likely N-dealkylation sites (N-methyl/N-ethyl adjacent to an activating group) is 1. The van der Waals surface area contributed by atoms with Crippen molar-refractivity contribution in [2.75, 3.05) is 12.4 Å². The largest absolute Gasteiger partial charge is 0.359 e. The lowest BCUT2D eigenvalue weighted by Crippen LogP contribution is -2.19. The Bertz CT molecular complexity index is 684. The number of rotatable bonds is 6. The number of hydrogen-bond donors (Lipinski definition) is 2. The summed E-state index contributed by atoms with van der Waals surface area (Å²) >= 11 is 0. The molecule has 0 aliphatic heterocycles. The van der Waals surface area contributed by atoms with Gasteiger partial charge in [-0.1, -0.05) is 30.3 Å². The Labute approximate surface area is 134 Å². The first-order chi connectivity index (χ1) is 11.1. The number of anilines is 1. The molecule has 4 nitrogen and oxygen atoms in total. The molecule has 0 unspecified atom stereocenters. The van der Waals surface area contributed by atoms with E-state index in [9.17, 15) is 14.0 Å². The van der Waals surface area contributed by atoms with E-state index in [0.29, 0.717) is 24.1 Å². The lowest BCUT2D eigenvalue weighted by atomic mass is 10.1. The summed E-state index contributed by atoms with van der Waals surface area (Å²) in [6, 6.07) is 13.5. The molecule has 0 bridgehead atoms. The molecule has 0 spiro atoms. The zero-order valence-electron chi connectivity index (χ0n) is 12.9. The summed E-state index contributed by atoms with van der Waals surface area (Å²) in [4.78, 5) is 23.2. The van der Waals surface area contributed by atoms with Gasteiger partial charge in [-0.25, -0.2) is 4.39 Å². The summed E-state index contributed by atoms with van der Waals surface area (Å²) in [6.45, 7) is 0. The number of hydrogen-bond acceptors (Lipinski definition) is 2. The van der Waals surface area contributed by atoms with Gasteiger partial charge in [0.25, 0.3) is 0 Å². The highest BCUT2D eigenvalue weighted by atomic mass is 19.1. The topological polar surface area (TPSA) is 58.2 Å². The molecule has 0 fully saturated rings. The Balaban J connectivity index is 1.85. The van der Waals surface area contributed by atoms with Gasteiger partial charge in [-0.05, 0) is 35.7 Å². The molecule has 0 atom stereocenters. The first-order valence-corrected chi connectivity index (χ1v) is 7.41. The molecular weight excluding hydrogens is 295 g/mol. The van der Waals surface area contributed by atoms with Gasteiger partial charge in [0.2, 0.25) is 11.8 Å². The van der Waals surface area contributed by atoms with Crippen LogP contribution in [0.4, 0.5) is 10.1 Å². The van der Waals surface area contributed by atoms with Crippen molar-refractivity contribution in [1.82, 2.24) is 5.32 Å². The molecule has 23 heavy (non-hydrogen) atoms. The van der Waals surface area contributed by atoms with Gasteiger partial charge in [0.1, 0.15) is 5.82 Å². The fourth-order valence-electron chi connectivity index (χ4n) is 2.15. The molecule has 0 saturated heterocycles. The van der Waals surface area contributed by atoms with Gasteiger partial charge in [-0.3, -0.25) is 9.59 Å². The van der Waals surface area contributed by atoms with Crippen molar-refractivity contribution >= 4 is 17.5 Å². The molecular formula is C18H19FN2O2. The molecule has 0 radical (unpaired) electrons. The minimum atomic E-state index is -0.293. The predicted octanol–water partition coefficient (Wildman–Crippen LogP) is 2.69. The number of aryl methyl sites for hydroxylation is 1. The number of carbonyl (C=O) groups excluding carboxylic acids is 2. The summed E-state index contributed by atoms with van der Waals surface area (Å²) in [5.74, 6) is -0.530. The van der Waals surface area contributed by atoms with Crippen molar-refractivity contribution < 1.29 is 14.0 Å². The Morgan fingerprint density at radius 2 is 1.70 bits per heavy atom. The van der Waals surface area contributed by atoms with E-state index in [1.807, 2.05) is 0 Å². The second kappa shape index (κ2) is 8.08. The van der Waals surface area contributed by atoms with E-state index < -0.39 is 0 Å². The highest BCUT2D eigenvalue weighted by Gasteiger charge is 2.07. The number of benzene rings is 2. The second-order valence-corrected chi connectivity index (χ2v) is 5.19. The van der Waals surface area contributed by atoms with E-state index in [1.165, 1.54) is 6.07 Å². The van der Waals surface area contributed by atoms with Crippen molar-refractivity contribution in [3.63, 3.8) is 0 Å². The minimum absolute atomic E-state index is 0.0633. The molecule has 5 heteroatoms. The minimum Gasteiger partial charge on any atom is -0.359 e. The van der Waals surface area contributed by atoms with Crippen LogP contribution in [0.3, 0.4) is 0 Å². The molecule has 2 rings (SSSR count). The van der Waals surface area contributed by atoms with E-state index in [1.54, 1.807) is 49.5 Å². The number of amides is 2. The maximum Gasteiger partial charge on any atom is 0.224 e. The quantitative estimate of drug-likeness (QED) is 0.861. The third-order valence-electron chi connectivity index (χ3n) is 3.46. The highest BCUT2D eigenvalue weighted by molar-refractivity contribution is 5.90. The molecule has 120 valence electrons. The molecule has 2 aromatic carbocycles. The highest BCUT2D eigenvalue weighted by Crippen LogP contribution is 2.12. The third-order valence-corrected chi connectivity index (χ3v) is 3.46. The normalized spacial score (nSPS) is 10.2. The van der Waals surface area contributed by atoms with E-state index in [-0.39, 0.29) is 24.1 Å². The van der Waals surface area contributed by atoms with Crippen LogP contribution in [-0.4, -0.2) is 18.9 Å². The van der Waals surface area contributed by atoms with Gasteiger partial charge in [0.15, 0.2) is 0 Å². The predicted molar refractivity (Wildman–Crippen MR) is 87.6 cm³/mol. The Morgan fingerprint density at radius 3 is 2.35 bits per heavy atom. The Kier molecular flexibility index (Phi) is 5.86. The van der Waals surface area contributed by atoms with E-state index >= 15 is 0 Å². The summed E-state index contributed by atoms with van der Waals surface area (Å²) < 4.78 is 13.5. The van der Waals surface area contributed by atoms with Crippen molar-refractivity contribution in [3.05, 3.63) is 65.5 Å². The van der Waals surface area contributed by atoms with E-state index in [4.69, 9.17) is 0 Å². The summed E-state index contributed by atoms with van der Waals surface area (Å²) in [7, 11) is 1.59. The van der Waals surface area contributed by atoms with Crippen LogP contribution in [0, 0.1) is 5.82 Å². The Hall–Kier alpha value is -2.69. The summed E-state index contributed by atoms with van der Waals surface area (Å²) in [5, 5.41) is 5.32. The molecule has 0 heterocycles. The first-order valence-electron chi connectivity index (χ1n) is 7.41. The summed E-state index contributed by atoms with van der Waals surface area (Å²) in [5.41, 5.74) is 2.06. The maximum atomic E-state index is 13.5. The summed E-state index contributed by atoms with van der Waals surface area (Å²) in [6.07, 6.45) is 0.867. The molecule has 2 aromatic rings. The molecule has 0 aliphatic rings. The third kappa shape index (κ3) is 5.21. The first kappa shape index (κ1) is 16.7. The smallest absolute Gasteiger partial charge is 0.224 e. The van der Waals surface area contributed by atoms with Gasteiger partial charge in [0.05, 0.1) is 6.42 Å². The SMILES string of the molecule is CNC(=O)Cc1ccc(NC(=O)CCc2ccccc2F)cc1. The number of carbonyl (C=O) groups is 2. The van der Waals surface area contributed by atoms with Crippen LogP contribution in [0.1, 0.15) is 17.5 Å². The van der Waals surface area contributed by atoms with Crippen molar-refractivity contribution in [2.45, 2.75) is 19.3 Å². The zero-order valence-corrected chi connectivity index (χ0v) is 12.9. The standard InChI is InChI=1S/C18H19FN2O2/c1-20-18(23)12-13-6-9-15(10-7-13)21-17(22)11-8-14-4-2-3-5-16(14)19/h2-7,9-10H,8,11-12H2,1H3,(H,20,23)(H,21,22). The number of halogens is 1. The van der Waals surface area contributed by atoms with E-state index in [0.717, 1.165) is 5.56 Å². The van der Waals surface area contributed by atoms with Crippen LogP contribution >= 0.6 is 0 Å². The Morgan fingerprint density at radius 1 is 1.00 bits per heavy atom. The van der Waals surface area contributed by atoms with Gasteiger partial charge in [0, 0.05) is 19.2 Å². The van der Waals surface area contributed by atoms with Crippen molar-refractivity contribution in [1.29, 1.82) is 0 Å². The lowest BCUT2D eigenvalue weighted by Gasteiger charge is -2.07.